The number of carbonyl (C=O) groups is 2. The number of hydrogen-bond donors (Lipinski definition) is 1. The molecule has 1 N–H and O–H groups in total. The Morgan fingerprint density at radius 2 is 1.93 bits per heavy atom. The first kappa shape index (κ1) is 31.0. The Balaban J connectivity index is 1.42. The molecule has 0 bridgehead atoms. The average Bonchev–Trinajstić information content (AvgIpc) is 3.47. The molecular weight excluding hydrogens is 589 g/mol. The van der Waals surface area contributed by atoms with E-state index in [4.69, 9.17) is 4.74 Å². The SMILES string of the molecule is CC(C)(C)OC(=O)N1CCC[C@@H](N(C(=O)c2ccc(-n3nnc4cccnc43)cc2F)c2nccc3ccc(CCCO)cc23)C1. The molecule has 0 aliphatic carbocycles. The molecule has 5 aromatic rings. The van der Waals surface area contributed by atoms with E-state index < -0.39 is 29.5 Å². The molecule has 1 saturated heterocycles. The number of aliphatic hydroxyl groups excluding tert-OH is 1. The lowest BCUT2D eigenvalue weighted by atomic mass is 10.00. The number of aryl methyl sites for hydroxylation is 1. The van der Waals surface area contributed by atoms with Gasteiger partial charge in [-0.1, -0.05) is 17.3 Å². The molecule has 2 aromatic carbocycles. The lowest BCUT2D eigenvalue weighted by molar-refractivity contribution is 0.0196. The number of piperidine rings is 1. The third-order valence-corrected chi connectivity index (χ3v) is 7.93. The second kappa shape index (κ2) is 12.8. The van der Waals surface area contributed by atoms with Crippen LogP contribution in [0.1, 0.15) is 56.0 Å². The van der Waals surface area contributed by atoms with E-state index in [9.17, 15) is 14.7 Å². The van der Waals surface area contributed by atoms with Crippen molar-refractivity contribution in [2.75, 3.05) is 24.6 Å². The number of aliphatic hydroxyl groups is 1. The topological polar surface area (TPSA) is 127 Å². The van der Waals surface area contributed by atoms with Crippen LogP contribution >= 0.6 is 0 Å². The molecule has 46 heavy (non-hydrogen) atoms. The molecule has 11 nitrogen and oxygen atoms in total. The zero-order chi connectivity index (χ0) is 32.4. The fourth-order valence-electron chi connectivity index (χ4n) is 5.80. The fourth-order valence-corrected chi connectivity index (χ4v) is 5.80. The largest absolute Gasteiger partial charge is 0.444 e. The van der Waals surface area contributed by atoms with E-state index in [-0.39, 0.29) is 18.7 Å². The molecule has 2 amide bonds. The number of nitrogens with zero attached hydrogens (tertiary/aromatic N) is 7. The van der Waals surface area contributed by atoms with Gasteiger partial charge in [0.15, 0.2) is 5.65 Å². The first-order chi connectivity index (χ1) is 22.1. The number of ether oxygens (including phenoxy) is 1. The third kappa shape index (κ3) is 6.38. The summed E-state index contributed by atoms with van der Waals surface area (Å²) in [5.41, 5.74) is 1.53. The van der Waals surface area contributed by atoms with Gasteiger partial charge in [-0.15, -0.1) is 5.10 Å². The zero-order valence-corrected chi connectivity index (χ0v) is 26.1. The molecule has 0 saturated carbocycles. The lowest BCUT2D eigenvalue weighted by Gasteiger charge is -2.39. The Bertz CT molecular complexity index is 1900. The Labute approximate surface area is 265 Å². The molecule has 0 spiro atoms. The standard InChI is InChI=1S/C34H36FN7O4/c1-34(2,3)46-33(45)40-17-5-8-25(21-40)41(30-27-19-22(7-6-18-43)10-11-23(27)14-16-37-30)32(44)26-13-12-24(20-28(26)35)42-31-29(38-39-42)9-4-15-36-31/h4,9-16,19-20,25,43H,5-8,17-18,21H2,1-3H3/t25-/m1/s1. The molecule has 6 rings (SSSR count). The normalized spacial score (nSPS) is 15.3. The first-order valence-electron chi connectivity index (χ1n) is 15.4. The summed E-state index contributed by atoms with van der Waals surface area (Å²) >= 11 is 0. The van der Waals surface area contributed by atoms with E-state index in [0.717, 1.165) is 16.3 Å². The number of hydrogen-bond acceptors (Lipinski definition) is 8. The second-order valence-electron chi connectivity index (χ2n) is 12.4. The molecule has 1 aliphatic heterocycles. The summed E-state index contributed by atoms with van der Waals surface area (Å²) in [6.07, 6.45) is 5.19. The van der Waals surface area contributed by atoms with Gasteiger partial charge in [0.2, 0.25) is 0 Å². The van der Waals surface area contributed by atoms with E-state index in [0.29, 0.717) is 54.9 Å². The minimum atomic E-state index is -0.740. The number of pyridine rings is 2. The van der Waals surface area contributed by atoms with E-state index >= 15 is 4.39 Å². The summed E-state index contributed by atoms with van der Waals surface area (Å²) in [4.78, 5) is 39.7. The maximum absolute atomic E-state index is 16.0. The van der Waals surface area contributed by atoms with Crippen molar-refractivity contribution in [3.8, 4) is 5.69 Å². The maximum atomic E-state index is 16.0. The number of halogens is 1. The Morgan fingerprint density at radius 1 is 1.09 bits per heavy atom. The van der Waals surface area contributed by atoms with Gasteiger partial charge in [-0.3, -0.25) is 9.69 Å². The summed E-state index contributed by atoms with van der Waals surface area (Å²) in [6.45, 7) is 6.15. The maximum Gasteiger partial charge on any atom is 0.410 e. The van der Waals surface area contributed by atoms with Crippen molar-refractivity contribution in [3.63, 3.8) is 0 Å². The van der Waals surface area contributed by atoms with Gasteiger partial charge in [0.05, 0.1) is 17.3 Å². The lowest BCUT2D eigenvalue weighted by Crippen LogP contribution is -2.53. The van der Waals surface area contributed by atoms with Crippen LogP contribution in [0.5, 0.6) is 0 Å². The summed E-state index contributed by atoms with van der Waals surface area (Å²) in [7, 11) is 0. The number of anilines is 1. The van der Waals surface area contributed by atoms with E-state index in [2.05, 4.69) is 20.3 Å². The first-order valence-corrected chi connectivity index (χ1v) is 15.4. The molecule has 1 atom stereocenters. The van der Waals surface area contributed by atoms with E-state index in [1.807, 2.05) is 24.3 Å². The van der Waals surface area contributed by atoms with Crippen LogP contribution in [-0.2, 0) is 11.2 Å². The monoisotopic (exact) mass is 625 g/mol. The molecule has 1 fully saturated rings. The second-order valence-corrected chi connectivity index (χ2v) is 12.4. The van der Waals surface area contributed by atoms with Crippen LogP contribution in [0.2, 0.25) is 0 Å². The molecule has 238 valence electrons. The number of amides is 2. The number of aromatic nitrogens is 5. The Morgan fingerprint density at radius 3 is 2.72 bits per heavy atom. The number of rotatable bonds is 7. The molecule has 1 aliphatic rings. The molecule has 3 aromatic heterocycles. The summed E-state index contributed by atoms with van der Waals surface area (Å²) in [5, 5.41) is 19.2. The highest BCUT2D eigenvalue weighted by atomic mass is 19.1. The van der Waals surface area contributed by atoms with Crippen molar-refractivity contribution in [1.29, 1.82) is 0 Å². The number of carbonyl (C=O) groups excluding carboxylic acids is 2. The average molecular weight is 626 g/mol. The van der Waals surface area contributed by atoms with Gasteiger partial charge in [0.25, 0.3) is 5.91 Å². The van der Waals surface area contributed by atoms with Crippen molar-refractivity contribution in [1.82, 2.24) is 29.9 Å². The molecule has 0 radical (unpaired) electrons. The van der Waals surface area contributed by atoms with Crippen LogP contribution in [0, 0.1) is 5.82 Å². The smallest absolute Gasteiger partial charge is 0.410 e. The number of fused-ring (bicyclic) bond motifs is 2. The molecule has 0 unspecified atom stereocenters. The van der Waals surface area contributed by atoms with Crippen LogP contribution in [0.3, 0.4) is 0 Å². The van der Waals surface area contributed by atoms with Crippen molar-refractivity contribution < 1.29 is 23.8 Å². The van der Waals surface area contributed by atoms with Gasteiger partial charge in [-0.05, 0) is 93.8 Å². The fraction of sp³-hybridized carbons (Fsp3) is 0.353. The molecule has 4 heterocycles. The minimum Gasteiger partial charge on any atom is -0.444 e. The quantitative estimate of drug-likeness (QED) is 0.252. The van der Waals surface area contributed by atoms with Gasteiger partial charge in [0, 0.05) is 43.5 Å². The highest BCUT2D eigenvalue weighted by Crippen LogP contribution is 2.32. The molecular formula is C34H36FN7O4. The van der Waals surface area contributed by atoms with Crippen LogP contribution in [0.15, 0.2) is 67.0 Å². The predicted molar refractivity (Wildman–Crippen MR) is 171 cm³/mol. The van der Waals surface area contributed by atoms with Gasteiger partial charge < -0.3 is 14.7 Å². The predicted octanol–water partition coefficient (Wildman–Crippen LogP) is 5.47. The highest BCUT2D eigenvalue weighted by molar-refractivity contribution is 6.10. The van der Waals surface area contributed by atoms with Gasteiger partial charge in [-0.25, -0.2) is 19.2 Å². The summed E-state index contributed by atoms with van der Waals surface area (Å²) in [5.74, 6) is -0.947. The zero-order valence-electron chi connectivity index (χ0n) is 26.1. The van der Waals surface area contributed by atoms with E-state index in [1.54, 1.807) is 56.3 Å². The minimum absolute atomic E-state index is 0.0564. The number of likely N-dealkylation sites (tertiary alicyclic amines) is 1. The van der Waals surface area contributed by atoms with Crippen LogP contribution in [0.4, 0.5) is 15.0 Å². The van der Waals surface area contributed by atoms with Crippen molar-refractivity contribution in [2.45, 2.75) is 58.1 Å². The van der Waals surface area contributed by atoms with Crippen molar-refractivity contribution in [3.05, 3.63) is 83.9 Å². The molecule has 12 heteroatoms. The van der Waals surface area contributed by atoms with Crippen LogP contribution in [-0.4, -0.2) is 78.3 Å². The highest BCUT2D eigenvalue weighted by Gasteiger charge is 2.36. The van der Waals surface area contributed by atoms with Crippen molar-refractivity contribution >= 4 is 39.8 Å². The van der Waals surface area contributed by atoms with E-state index in [1.165, 1.54) is 21.7 Å². The summed E-state index contributed by atoms with van der Waals surface area (Å²) < 4.78 is 23.1. The van der Waals surface area contributed by atoms with Gasteiger partial charge in [0.1, 0.15) is 22.8 Å². The third-order valence-electron chi connectivity index (χ3n) is 7.93. The van der Waals surface area contributed by atoms with Crippen molar-refractivity contribution in [2.24, 2.45) is 0 Å². The van der Waals surface area contributed by atoms with Crippen LogP contribution < -0.4 is 4.90 Å². The number of benzene rings is 2. The Hall–Kier alpha value is -4.97. The summed E-state index contributed by atoms with van der Waals surface area (Å²) in [6, 6.07) is 15.0. The van der Waals surface area contributed by atoms with Gasteiger partial charge in [-0.2, -0.15) is 4.68 Å². The Kier molecular flexibility index (Phi) is 8.63. The van der Waals surface area contributed by atoms with Crippen LogP contribution in [0.25, 0.3) is 27.6 Å². The van der Waals surface area contributed by atoms with Gasteiger partial charge >= 0.3 is 6.09 Å².